The normalized spacial score (nSPS) is 12.7. The van der Waals surface area contributed by atoms with E-state index < -0.39 is 0 Å². The maximum Gasteiger partial charge on any atom is 0.120 e. The second-order valence-corrected chi connectivity index (χ2v) is 6.41. The summed E-state index contributed by atoms with van der Waals surface area (Å²) in [5.41, 5.74) is 4.12. The molecule has 0 unspecified atom stereocenters. The minimum Gasteiger partial charge on any atom is -0.491 e. The lowest BCUT2D eigenvalue weighted by Gasteiger charge is -2.13. The highest BCUT2D eigenvalue weighted by molar-refractivity contribution is 5.87. The van der Waals surface area contributed by atoms with Crippen LogP contribution in [0.15, 0.2) is 18.2 Å². The minimum absolute atomic E-state index is 0.257. The fourth-order valence-electron chi connectivity index (χ4n) is 3.04. The smallest absolute Gasteiger partial charge is 0.120 e. The molecule has 1 N–H and O–H groups in total. The van der Waals surface area contributed by atoms with Crippen molar-refractivity contribution in [3.05, 3.63) is 29.5 Å². The molecule has 3 heteroatoms. The van der Waals surface area contributed by atoms with Gasteiger partial charge in [-0.05, 0) is 63.4 Å². The van der Waals surface area contributed by atoms with E-state index in [4.69, 9.17) is 4.74 Å². The Morgan fingerprint density at radius 3 is 2.61 bits per heavy atom. The Hall–Kier alpha value is -1.48. The van der Waals surface area contributed by atoms with Crippen LogP contribution in [0.2, 0.25) is 0 Å². The summed E-state index contributed by atoms with van der Waals surface area (Å²) in [4.78, 5) is 0. The Morgan fingerprint density at radius 1 is 1.17 bits per heavy atom. The van der Waals surface area contributed by atoms with Gasteiger partial charge in [0.05, 0.1) is 6.10 Å². The number of aromatic nitrogens is 1. The topological polar surface area (TPSA) is 26.2 Å². The molecule has 0 aliphatic rings. The zero-order valence-electron chi connectivity index (χ0n) is 15.4. The predicted molar refractivity (Wildman–Crippen MR) is 99.3 cm³/mol. The molecule has 2 aromatic rings. The van der Waals surface area contributed by atoms with Crippen LogP contribution in [0, 0.1) is 6.92 Å². The van der Waals surface area contributed by atoms with E-state index >= 15 is 0 Å². The van der Waals surface area contributed by atoms with Crippen LogP contribution in [0.25, 0.3) is 10.9 Å². The number of ether oxygens (including phenoxy) is 1. The second kappa shape index (κ2) is 8.39. The zero-order chi connectivity index (χ0) is 16.8. The molecule has 1 aromatic carbocycles. The van der Waals surface area contributed by atoms with Crippen molar-refractivity contribution in [2.24, 2.45) is 0 Å². The molecular weight excluding hydrogens is 284 g/mol. The number of hydrogen-bond donors (Lipinski definition) is 1. The van der Waals surface area contributed by atoms with E-state index in [0.717, 1.165) is 44.6 Å². The first kappa shape index (κ1) is 17.9. The molecule has 128 valence electrons. The van der Waals surface area contributed by atoms with Crippen LogP contribution in [0.4, 0.5) is 0 Å². The minimum atomic E-state index is 0.257. The maximum atomic E-state index is 6.03. The van der Waals surface area contributed by atoms with E-state index in [9.17, 15) is 0 Å². The number of hydrogen-bond acceptors (Lipinski definition) is 2. The van der Waals surface area contributed by atoms with Gasteiger partial charge in [-0.25, -0.2) is 0 Å². The Balaban J connectivity index is 2.42. The summed E-state index contributed by atoms with van der Waals surface area (Å²) in [5.74, 6) is 0.984. The number of nitrogens with one attached hydrogen (secondary N) is 1. The summed E-state index contributed by atoms with van der Waals surface area (Å²) in [6.07, 6.45) is 3.60. The standard InChI is InChI=1S/C20H32N2O/c1-6-11-21-14-19-16(5)22(12-7-2)20-10-9-17(13-18(19)20)23-15(4)8-3/h9-10,13,15,21H,6-8,11-12,14H2,1-5H3/t15-/m0/s1. The van der Waals surface area contributed by atoms with Gasteiger partial charge < -0.3 is 14.6 Å². The fraction of sp³-hybridized carbons (Fsp3) is 0.600. The number of benzene rings is 1. The first-order chi connectivity index (χ1) is 11.1. The number of aryl methyl sites for hydroxylation is 1. The second-order valence-electron chi connectivity index (χ2n) is 6.41. The lowest BCUT2D eigenvalue weighted by Crippen LogP contribution is -2.14. The Kier molecular flexibility index (Phi) is 6.52. The summed E-state index contributed by atoms with van der Waals surface area (Å²) < 4.78 is 8.48. The number of nitrogens with zero attached hydrogens (tertiary/aromatic N) is 1. The molecule has 1 heterocycles. The molecule has 1 aromatic heterocycles. The quantitative estimate of drug-likeness (QED) is 0.656. The molecule has 2 rings (SSSR count). The zero-order valence-corrected chi connectivity index (χ0v) is 15.4. The molecule has 0 aliphatic carbocycles. The summed E-state index contributed by atoms with van der Waals surface area (Å²) >= 11 is 0. The van der Waals surface area contributed by atoms with Gasteiger partial charge in [-0.1, -0.05) is 20.8 Å². The first-order valence-electron chi connectivity index (χ1n) is 9.11. The average Bonchev–Trinajstić information content (AvgIpc) is 2.80. The van der Waals surface area contributed by atoms with Crippen LogP contribution < -0.4 is 10.1 Å². The molecule has 0 saturated carbocycles. The molecule has 0 amide bonds. The van der Waals surface area contributed by atoms with Crippen molar-refractivity contribution in [1.82, 2.24) is 9.88 Å². The van der Waals surface area contributed by atoms with E-state index in [2.05, 4.69) is 62.7 Å². The van der Waals surface area contributed by atoms with Gasteiger partial charge in [0, 0.05) is 29.7 Å². The third-order valence-corrected chi connectivity index (χ3v) is 4.51. The highest BCUT2D eigenvalue weighted by Gasteiger charge is 2.14. The average molecular weight is 316 g/mol. The molecule has 0 saturated heterocycles. The van der Waals surface area contributed by atoms with Crippen LogP contribution in [-0.4, -0.2) is 17.2 Å². The summed E-state index contributed by atoms with van der Waals surface area (Å²) in [6, 6.07) is 6.56. The van der Waals surface area contributed by atoms with Crippen LogP contribution in [0.3, 0.4) is 0 Å². The Bertz CT molecular complexity index is 630. The lowest BCUT2D eigenvalue weighted by atomic mass is 10.1. The lowest BCUT2D eigenvalue weighted by molar-refractivity contribution is 0.217. The SMILES string of the molecule is CCCNCc1c(C)n(CCC)c2ccc(O[C@@H](C)CC)cc12. The first-order valence-corrected chi connectivity index (χ1v) is 9.11. The van der Waals surface area contributed by atoms with Gasteiger partial charge in [-0.2, -0.15) is 0 Å². The monoisotopic (exact) mass is 316 g/mol. The van der Waals surface area contributed by atoms with Crippen molar-refractivity contribution in [2.75, 3.05) is 6.54 Å². The van der Waals surface area contributed by atoms with E-state index in [-0.39, 0.29) is 6.10 Å². The van der Waals surface area contributed by atoms with Crippen molar-refractivity contribution < 1.29 is 4.74 Å². The number of rotatable bonds is 9. The van der Waals surface area contributed by atoms with Crippen molar-refractivity contribution >= 4 is 10.9 Å². The van der Waals surface area contributed by atoms with Crippen LogP contribution >= 0.6 is 0 Å². The maximum absolute atomic E-state index is 6.03. The largest absolute Gasteiger partial charge is 0.491 e. The fourth-order valence-corrected chi connectivity index (χ4v) is 3.04. The van der Waals surface area contributed by atoms with Crippen molar-refractivity contribution in [3.8, 4) is 5.75 Å². The summed E-state index contributed by atoms with van der Waals surface area (Å²) in [6.45, 7) is 14.0. The molecule has 3 nitrogen and oxygen atoms in total. The van der Waals surface area contributed by atoms with Crippen LogP contribution in [0.1, 0.15) is 58.2 Å². The van der Waals surface area contributed by atoms with E-state index in [1.54, 1.807) is 0 Å². The van der Waals surface area contributed by atoms with E-state index in [1.165, 1.54) is 22.2 Å². The molecule has 0 spiro atoms. The molecule has 1 atom stereocenters. The molecular formula is C20H32N2O. The van der Waals surface area contributed by atoms with Crippen LogP contribution in [-0.2, 0) is 13.1 Å². The third-order valence-electron chi connectivity index (χ3n) is 4.51. The Morgan fingerprint density at radius 2 is 1.96 bits per heavy atom. The van der Waals surface area contributed by atoms with Gasteiger partial charge in [0.25, 0.3) is 0 Å². The van der Waals surface area contributed by atoms with Crippen molar-refractivity contribution in [2.45, 2.75) is 73.1 Å². The number of fused-ring (bicyclic) bond motifs is 1. The summed E-state index contributed by atoms with van der Waals surface area (Å²) in [5, 5.41) is 4.89. The van der Waals surface area contributed by atoms with Crippen molar-refractivity contribution in [1.29, 1.82) is 0 Å². The molecule has 0 radical (unpaired) electrons. The summed E-state index contributed by atoms with van der Waals surface area (Å²) in [7, 11) is 0. The van der Waals surface area contributed by atoms with E-state index in [1.807, 2.05) is 0 Å². The van der Waals surface area contributed by atoms with Gasteiger partial charge in [0.2, 0.25) is 0 Å². The van der Waals surface area contributed by atoms with Gasteiger partial charge in [-0.3, -0.25) is 0 Å². The molecule has 0 fully saturated rings. The van der Waals surface area contributed by atoms with Gasteiger partial charge >= 0.3 is 0 Å². The van der Waals surface area contributed by atoms with Crippen LogP contribution in [0.5, 0.6) is 5.75 Å². The molecule has 23 heavy (non-hydrogen) atoms. The molecule has 0 aliphatic heterocycles. The van der Waals surface area contributed by atoms with Crippen molar-refractivity contribution in [3.63, 3.8) is 0 Å². The molecule has 0 bridgehead atoms. The van der Waals surface area contributed by atoms with E-state index in [0.29, 0.717) is 0 Å². The van der Waals surface area contributed by atoms with Gasteiger partial charge in [0.1, 0.15) is 5.75 Å². The van der Waals surface area contributed by atoms with Gasteiger partial charge in [0.15, 0.2) is 0 Å². The highest BCUT2D eigenvalue weighted by atomic mass is 16.5. The highest BCUT2D eigenvalue weighted by Crippen LogP contribution is 2.30. The Labute approximate surface area is 141 Å². The third kappa shape index (κ3) is 4.08. The predicted octanol–water partition coefficient (Wildman–Crippen LogP) is 5.04. The van der Waals surface area contributed by atoms with Gasteiger partial charge in [-0.15, -0.1) is 0 Å².